The van der Waals surface area contributed by atoms with Gasteiger partial charge in [0.05, 0.1) is 12.2 Å². The molecule has 0 saturated heterocycles. The van der Waals surface area contributed by atoms with Gasteiger partial charge in [-0.25, -0.2) is 0 Å². The maximum absolute atomic E-state index is 12.3. The van der Waals surface area contributed by atoms with Gasteiger partial charge in [-0.15, -0.1) is 0 Å². The average molecular weight is 263 g/mol. The van der Waals surface area contributed by atoms with Crippen LogP contribution in [0, 0.1) is 0 Å². The second kappa shape index (κ2) is 6.17. The second-order valence-corrected chi connectivity index (χ2v) is 4.97. The summed E-state index contributed by atoms with van der Waals surface area (Å²) in [6, 6.07) is 1.96. The molecule has 1 aliphatic carbocycles. The predicted molar refractivity (Wildman–Crippen MR) is 73.5 cm³/mol. The zero-order chi connectivity index (χ0) is 13.8. The number of phenols is 1. The third kappa shape index (κ3) is 2.80. The van der Waals surface area contributed by atoms with Crippen LogP contribution in [0.15, 0.2) is 6.07 Å². The first-order valence-electron chi connectivity index (χ1n) is 6.77. The van der Waals surface area contributed by atoms with Gasteiger partial charge in [0.2, 0.25) is 0 Å². The van der Waals surface area contributed by atoms with Crippen LogP contribution in [0.25, 0.3) is 0 Å². The number of aromatic hydroxyl groups is 1. The lowest BCUT2D eigenvalue weighted by atomic mass is 9.84. The zero-order valence-corrected chi connectivity index (χ0v) is 11.4. The molecular formula is C15H21NO3. The number of ether oxygens (including phenoxy) is 1. The van der Waals surface area contributed by atoms with Gasteiger partial charge in [-0.3, -0.25) is 4.79 Å². The molecule has 4 nitrogen and oxygen atoms in total. The smallest absolute Gasteiger partial charge is 0.169 e. The largest absolute Gasteiger partial charge is 0.507 e. The Balaban J connectivity index is 2.46. The van der Waals surface area contributed by atoms with E-state index < -0.39 is 0 Å². The summed E-state index contributed by atoms with van der Waals surface area (Å²) in [5.41, 5.74) is 8.99. The summed E-state index contributed by atoms with van der Waals surface area (Å²) >= 11 is 0. The molecule has 0 amide bonds. The molecule has 0 fully saturated rings. The zero-order valence-electron chi connectivity index (χ0n) is 11.4. The summed E-state index contributed by atoms with van der Waals surface area (Å²) in [5, 5.41) is 10.3. The van der Waals surface area contributed by atoms with Crippen molar-refractivity contribution in [3.05, 3.63) is 28.3 Å². The van der Waals surface area contributed by atoms with Crippen molar-refractivity contribution >= 4 is 5.78 Å². The standard InChI is InChI=1S/C15H21NO3/c1-19-7-6-13(17)14-12-5-3-2-4-10(12)8-11(9-16)15(14)18/h8,18H,2-7,9,16H2,1H3. The van der Waals surface area contributed by atoms with E-state index in [4.69, 9.17) is 10.5 Å². The number of phenolic OH excluding ortho intramolecular Hbond substituents is 1. The van der Waals surface area contributed by atoms with E-state index in [-0.39, 0.29) is 18.1 Å². The number of benzene rings is 1. The minimum atomic E-state index is -0.0483. The quantitative estimate of drug-likeness (QED) is 0.796. The van der Waals surface area contributed by atoms with Crippen molar-refractivity contribution in [2.24, 2.45) is 5.73 Å². The van der Waals surface area contributed by atoms with Crippen LogP contribution in [0.3, 0.4) is 0 Å². The van der Waals surface area contributed by atoms with E-state index in [0.717, 1.165) is 31.2 Å². The van der Waals surface area contributed by atoms with Crippen molar-refractivity contribution in [1.29, 1.82) is 0 Å². The first kappa shape index (κ1) is 14.0. The van der Waals surface area contributed by atoms with Gasteiger partial charge in [-0.2, -0.15) is 0 Å². The number of aryl methyl sites for hydroxylation is 1. The monoisotopic (exact) mass is 263 g/mol. The Morgan fingerprint density at radius 2 is 2.16 bits per heavy atom. The van der Waals surface area contributed by atoms with Crippen molar-refractivity contribution in [3.63, 3.8) is 0 Å². The highest BCUT2D eigenvalue weighted by molar-refractivity contribution is 6.01. The fourth-order valence-electron chi connectivity index (χ4n) is 2.73. The number of carbonyl (C=O) groups excluding carboxylic acids is 1. The number of hydrogen-bond acceptors (Lipinski definition) is 4. The maximum atomic E-state index is 12.3. The molecule has 4 heteroatoms. The third-order valence-corrected chi connectivity index (χ3v) is 3.73. The number of rotatable bonds is 5. The van der Waals surface area contributed by atoms with Crippen LogP contribution >= 0.6 is 0 Å². The van der Waals surface area contributed by atoms with Crippen LogP contribution in [-0.2, 0) is 24.1 Å². The van der Waals surface area contributed by atoms with E-state index in [9.17, 15) is 9.90 Å². The van der Waals surface area contributed by atoms with E-state index in [1.54, 1.807) is 7.11 Å². The normalized spacial score (nSPS) is 14.2. The van der Waals surface area contributed by atoms with Crippen molar-refractivity contribution < 1.29 is 14.6 Å². The van der Waals surface area contributed by atoms with Gasteiger partial charge in [-0.05, 0) is 36.8 Å². The van der Waals surface area contributed by atoms with E-state index in [2.05, 4.69) is 0 Å². The summed E-state index contributed by atoms with van der Waals surface area (Å²) in [7, 11) is 1.57. The summed E-state index contributed by atoms with van der Waals surface area (Å²) in [5.74, 6) is 0.0250. The molecule has 19 heavy (non-hydrogen) atoms. The molecule has 0 aliphatic heterocycles. The minimum Gasteiger partial charge on any atom is -0.507 e. The summed E-state index contributed by atoms with van der Waals surface area (Å²) < 4.78 is 4.95. The van der Waals surface area contributed by atoms with Gasteiger partial charge in [0.25, 0.3) is 0 Å². The molecule has 0 heterocycles. The van der Waals surface area contributed by atoms with Crippen LogP contribution in [0.5, 0.6) is 5.75 Å². The number of ketones is 1. The molecule has 0 atom stereocenters. The van der Waals surface area contributed by atoms with Gasteiger partial charge >= 0.3 is 0 Å². The summed E-state index contributed by atoms with van der Waals surface area (Å²) in [4.78, 5) is 12.3. The Bertz CT molecular complexity index is 483. The number of nitrogens with two attached hydrogens (primary N) is 1. The van der Waals surface area contributed by atoms with E-state index in [1.165, 1.54) is 5.56 Å². The van der Waals surface area contributed by atoms with Crippen molar-refractivity contribution in [3.8, 4) is 5.75 Å². The number of carbonyl (C=O) groups is 1. The fourth-order valence-corrected chi connectivity index (χ4v) is 2.73. The first-order chi connectivity index (χ1) is 9.19. The molecule has 104 valence electrons. The average Bonchev–Trinajstić information content (AvgIpc) is 2.44. The predicted octanol–water partition coefficient (Wildman–Crippen LogP) is 1.95. The second-order valence-electron chi connectivity index (χ2n) is 4.97. The molecule has 1 aromatic rings. The van der Waals surface area contributed by atoms with Crippen molar-refractivity contribution in [2.75, 3.05) is 13.7 Å². The molecule has 1 aromatic carbocycles. The number of fused-ring (bicyclic) bond motifs is 1. The summed E-state index contributed by atoms with van der Waals surface area (Å²) in [6.07, 6.45) is 4.33. The lowest BCUT2D eigenvalue weighted by Crippen LogP contribution is -2.15. The Hall–Kier alpha value is -1.39. The highest BCUT2D eigenvalue weighted by atomic mass is 16.5. The molecular weight excluding hydrogens is 242 g/mol. The molecule has 0 bridgehead atoms. The van der Waals surface area contributed by atoms with E-state index in [0.29, 0.717) is 24.2 Å². The summed E-state index contributed by atoms with van der Waals surface area (Å²) in [6.45, 7) is 0.629. The van der Waals surface area contributed by atoms with Gasteiger partial charge in [0.1, 0.15) is 5.75 Å². The number of Topliss-reactive ketones (excluding diaryl/α,β-unsaturated/α-hetero) is 1. The number of hydrogen-bond donors (Lipinski definition) is 2. The van der Waals surface area contributed by atoms with E-state index >= 15 is 0 Å². The van der Waals surface area contributed by atoms with Gasteiger partial charge in [-0.1, -0.05) is 6.07 Å². The van der Waals surface area contributed by atoms with Crippen LogP contribution in [0.2, 0.25) is 0 Å². The van der Waals surface area contributed by atoms with E-state index in [1.807, 2.05) is 6.07 Å². The SMILES string of the molecule is COCCC(=O)c1c(O)c(CN)cc2c1CCCC2. The highest BCUT2D eigenvalue weighted by Crippen LogP contribution is 2.34. The van der Waals surface area contributed by atoms with Gasteiger partial charge in [0, 0.05) is 25.6 Å². The minimum absolute atomic E-state index is 0.0483. The maximum Gasteiger partial charge on any atom is 0.169 e. The molecule has 3 N–H and O–H groups in total. The molecule has 0 unspecified atom stereocenters. The van der Waals surface area contributed by atoms with Crippen LogP contribution in [0.4, 0.5) is 0 Å². The lowest BCUT2D eigenvalue weighted by molar-refractivity contribution is 0.0928. The van der Waals surface area contributed by atoms with Gasteiger partial charge < -0.3 is 15.6 Å². The van der Waals surface area contributed by atoms with Crippen LogP contribution in [-0.4, -0.2) is 24.6 Å². The Labute approximate surface area is 113 Å². The Kier molecular flexibility index (Phi) is 4.56. The third-order valence-electron chi connectivity index (χ3n) is 3.73. The molecule has 1 aliphatic rings. The van der Waals surface area contributed by atoms with Crippen molar-refractivity contribution in [1.82, 2.24) is 0 Å². The lowest BCUT2D eigenvalue weighted by Gasteiger charge is -2.22. The highest BCUT2D eigenvalue weighted by Gasteiger charge is 2.23. The molecule has 0 aromatic heterocycles. The van der Waals surface area contributed by atoms with Crippen LogP contribution < -0.4 is 5.73 Å². The Morgan fingerprint density at radius 1 is 1.42 bits per heavy atom. The van der Waals surface area contributed by atoms with Crippen LogP contribution in [0.1, 0.15) is 46.3 Å². The first-order valence-corrected chi connectivity index (χ1v) is 6.77. The molecule has 0 spiro atoms. The number of methoxy groups -OCH3 is 1. The topological polar surface area (TPSA) is 72.5 Å². The van der Waals surface area contributed by atoms with Gasteiger partial charge in [0.15, 0.2) is 5.78 Å². The molecule has 0 saturated carbocycles. The molecule has 0 radical (unpaired) electrons. The molecule has 2 rings (SSSR count). The fraction of sp³-hybridized carbons (Fsp3) is 0.533. The Morgan fingerprint density at radius 3 is 2.84 bits per heavy atom. The van der Waals surface area contributed by atoms with Crippen molar-refractivity contribution in [2.45, 2.75) is 38.6 Å².